The number of carbonyl (C=O) groups is 1. The summed E-state index contributed by atoms with van der Waals surface area (Å²) < 4.78 is 6.14. The molecule has 0 unspecified atom stereocenters. The van der Waals surface area contributed by atoms with Gasteiger partial charge in [0.15, 0.2) is 0 Å². The van der Waals surface area contributed by atoms with Gasteiger partial charge in [-0.1, -0.05) is 60.6 Å². The molecule has 5 rings (SSSR count). The summed E-state index contributed by atoms with van der Waals surface area (Å²) in [6.45, 7) is 20.8. The van der Waals surface area contributed by atoms with Crippen LogP contribution in [-0.4, -0.2) is 12.1 Å². The van der Waals surface area contributed by atoms with E-state index in [-0.39, 0.29) is 18.0 Å². The summed E-state index contributed by atoms with van der Waals surface area (Å²) in [5.74, 6) is 5.65. The predicted molar refractivity (Wildman–Crippen MR) is 149 cm³/mol. The van der Waals surface area contributed by atoms with E-state index >= 15 is 0 Å². The van der Waals surface area contributed by atoms with Crippen molar-refractivity contribution < 1.29 is 9.53 Å². The summed E-state index contributed by atoms with van der Waals surface area (Å²) in [5, 5.41) is 0. The summed E-state index contributed by atoms with van der Waals surface area (Å²) in [7, 11) is 0. The smallest absolute Gasteiger partial charge is 0.308 e. The van der Waals surface area contributed by atoms with Crippen LogP contribution in [0.1, 0.15) is 126 Å². The average molecular weight is 497 g/mol. The third kappa shape index (κ3) is 3.88. The second kappa shape index (κ2) is 9.44. The lowest BCUT2D eigenvalue weighted by atomic mass is 9.48. The lowest BCUT2D eigenvalue weighted by Crippen LogP contribution is -2.52. The Morgan fingerprint density at radius 3 is 2.31 bits per heavy atom. The number of hydrogen-bond acceptors (Lipinski definition) is 2. The molecule has 5 aliphatic rings. The molecule has 2 heteroatoms. The first-order valence-corrected chi connectivity index (χ1v) is 15.9. The molecule has 0 aliphatic heterocycles. The molecule has 0 aromatic rings. The highest BCUT2D eigenvalue weighted by Crippen LogP contribution is 2.86. The highest BCUT2D eigenvalue weighted by atomic mass is 16.5. The van der Waals surface area contributed by atoms with E-state index in [1.165, 1.54) is 69.8 Å². The van der Waals surface area contributed by atoms with Crippen LogP contribution < -0.4 is 0 Å². The number of esters is 1. The summed E-state index contributed by atoms with van der Waals surface area (Å²) in [4.78, 5) is 12.6. The summed E-state index contributed by atoms with van der Waals surface area (Å²) >= 11 is 0. The van der Waals surface area contributed by atoms with E-state index in [9.17, 15) is 4.79 Å². The molecule has 36 heavy (non-hydrogen) atoms. The SMILES string of the molecule is C=C(CC[C@@H](C)[C@H]1CC[C@H]2[C@@H]3CC[C@H]4[C@H](C)[C@@H](OC(=O)[C@H](C)CC)CC[C@@]45C[C@@]35CC[C@]12C)C(C)C. The standard InChI is InChI=1S/C34H56O2/c1-9-22(4)31(35)36-30-16-17-33-20-34(33)19-18-32(8)26(24(6)11-10-23(5)21(2)3)12-14-28(32)29(34)15-13-27(33)25(30)7/h21-22,24-30H,5,9-20H2,1-4,6-8H3/t22-,24-,25+,26-,27+,28+,29+,30+,32-,33-,34+/m1/s1. The van der Waals surface area contributed by atoms with Gasteiger partial charge in [0.2, 0.25) is 0 Å². The Labute approximate surface area is 222 Å². The minimum absolute atomic E-state index is 0.0354. The zero-order chi connectivity index (χ0) is 26.0. The van der Waals surface area contributed by atoms with Crippen LogP contribution in [0.2, 0.25) is 0 Å². The largest absolute Gasteiger partial charge is 0.462 e. The molecule has 5 saturated carbocycles. The van der Waals surface area contributed by atoms with E-state index in [2.05, 4.69) is 48.1 Å². The van der Waals surface area contributed by atoms with Gasteiger partial charge in [0.25, 0.3) is 0 Å². The number of fused-ring (bicyclic) bond motifs is 2. The van der Waals surface area contributed by atoms with Crippen molar-refractivity contribution in [1.29, 1.82) is 0 Å². The van der Waals surface area contributed by atoms with Crippen molar-refractivity contribution in [3.8, 4) is 0 Å². The van der Waals surface area contributed by atoms with Crippen molar-refractivity contribution in [3.05, 3.63) is 12.2 Å². The van der Waals surface area contributed by atoms with Gasteiger partial charge in [-0.25, -0.2) is 0 Å². The van der Waals surface area contributed by atoms with E-state index < -0.39 is 0 Å². The van der Waals surface area contributed by atoms with Gasteiger partial charge in [-0.05, 0) is 135 Å². The first kappa shape index (κ1) is 26.8. The van der Waals surface area contributed by atoms with Crippen molar-refractivity contribution in [2.45, 2.75) is 132 Å². The van der Waals surface area contributed by atoms with Crippen LogP contribution in [0.25, 0.3) is 0 Å². The second-order valence-corrected chi connectivity index (χ2v) is 15.1. The molecule has 204 valence electrons. The number of ether oxygens (including phenoxy) is 1. The van der Waals surface area contributed by atoms with Crippen molar-refractivity contribution in [1.82, 2.24) is 0 Å². The number of carbonyl (C=O) groups excluding carboxylic acids is 1. The lowest BCUT2D eigenvalue weighted by Gasteiger charge is -2.57. The van der Waals surface area contributed by atoms with Crippen molar-refractivity contribution in [2.75, 3.05) is 0 Å². The van der Waals surface area contributed by atoms with Gasteiger partial charge in [-0.3, -0.25) is 4.79 Å². The van der Waals surface area contributed by atoms with E-state index in [4.69, 9.17) is 4.74 Å². The molecule has 5 aliphatic carbocycles. The maximum absolute atomic E-state index is 12.6. The zero-order valence-corrected chi connectivity index (χ0v) is 24.7. The van der Waals surface area contributed by atoms with Crippen LogP contribution in [0.15, 0.2) is 12.2 Å². The topological polar surface area (TPSA) is 26.3 Å². The van der Waals surface area contributed by atoms with Crippen molar-refractivity contribution >= 4 is 5.97 Å². The average Bonchev–Trinajstić information content (AvgIpc) is 3.39. The van der Waals surface area contributed by atoms with Crippen LogP contribution >= 0.6 is 0 Å². The Bertz CT molecular complexity index is 859. The molecular weight excluding hydrogens is 440 g/mol. The van der Waals surface area contributed by atoms with Gasteiger partial charge >= 0.3 is 5.97 Å². The van der Waals surface area contributed by atoms with Crippen molar-refractivity contribution in [2.24, 2.45) is 63.6 Å². The molecule has 0 heterocycles. The fraction of sp³-hybridized carbons (Fsp3) is 0.912. The first-order valence-electron chi connectivity index (χ1n) is 15.9. The monoisotopic (exact) mass is 496 g/mol. The second-order valence-electron chi connectivity index (χ2n) is 15.1. The van der Waals surface area contributed by atoms with E-state index in [0.29, 0.717) is 28.1 Å². The molecule has 0 amide bonds. The minimum atomic E-state index is 0.0354. The quantitative estimate of drug-likeness (QED) is 0.247. The Morgan fingerprint density at radius 2 is 1.61 bits per heavy atom. The van der Waals surface area contributed by atoms with Crippen LogP contribution in [-0.2, 0) is 9.53 Å². The van der Waals surface area contributed by atoms with Crippen LogP contribution in [0, 0.1) is 63.6 Å². The molecule has 0 bridgehead atoms. The molecule has 2 spiro atoms. The van der Waals surface area contributed by atoms with Crippen LogP contribution in [0.5, 0.6) is 0 Å². The number of rotatable bonds is 8. The molecule has 0 saturated heterocycles. The Morgan fingerprint density at radius 1 is 0.944 bits per heavy atom. The molecule has 2 nitrogen and oxygen atoms in total. The van der Waals surface area contributed by atoms with Gasteiger partial charge in [0.05, 0.1) is 5.92 Å². The third-order valence-corrected chi connectivity index (χ3v) is 13.6. The Kier molecular flexibility index (Phi) is 7.03. The van der Waals surface area contributed by atoms with Crippen LogP contribution in [0.3, 0.4) is 0 Å². The minimum Gasteiger partial charge on any atom is -0.462 e. The van der Waals surface area contributed by atoms with Gasteiger partial charge in [0, 0.05) is 0 Å². The third-order valence-electron chi connectivity index (χ3n) is 13.6. The fourth-order valence-electron chi connectivity index (χ4n) is 11.0. The maximum Gasteiger partial charge on any atom is 0.308 e. The van der Waals surface area contributed by atoms with E-state index in [1.54, 1.807) is 0 Å². The zero-order valence-electron chi connectivity index (χ0n) is 24.7. The van der Waals surface area contributed by atoms with E-state index in [1.807, 2.05) is 6.92 Å². The predicted octanol–water partition coefficient (Wildman–Crippen LogP) is 9.23. The molecular formula is C34H56O2. The fourth-order valence-corrected chi connectivity index (χ4v) is 11.0. The van der Waals surface area contributed by atoms with Gasteiger partial charge in [-0.15, -0.1) is 0 Å². The Hall–Kier alpha value is -0.790. The Balaban J connectivity index is 1.27. The van der Waals surface area contributed by atoms with Crippen LogP contribution in [0.4, 0.5) is 0 Å². The molecule has 0 radical (unpaired) electrons. The normalized spacial score (nSPS) is 46.7. The number of allylic oxidation sites excluding steroid dienone is 1. The number of hydrogen-bond donors (Lipinski definition) is 0. The molecule has 5 fully saturated rings. The highest BCUT2D eigenvalue weighted by molar-refractivity contribution is 5.72. The molecule has 0 N–H and O–H groups in total. The van der Waals surface area contributed by atoms with Crippen molar-refractivity contribution in [3.63, 3.8) is 0 Å². The summed E-state index contributed by atoms with van der Waals surface area (Å²) in [5.41, 5.74) is 3.21. The maximum atomic E-state index is 12.6. The van der Waals surface area contributed by atoms with Gasteiger partial charge in [-0.2, -0.15) is 0 Å². The van der Waals surface area contributed by atoms with E-state index in [0.717, 1.165) is 42.4 Å². The first-order chi connectivity index (χ1) is 17.0. The molecule has 0 aromatic carbocycles. The lowest BCUT2D eigenvalue weighted by molar-refractivity contribution is -0.165. The van der Waals surface area contributed by atoms with Gasteiger partial charge in [0.1, 0.15) is 6.10 Å². The summed E-state index contributed by atoms with van der Waals surface area (Å²) in [6, 6.07) is 0. The molecule has 11 atom stereocenters. The van der Waals surface area contributed by atoms with Gasteiger partial charge < -0.3 is 4.74 Å². The summed E-state index contributed by atoms with van der Waals surface area (Å²) in [6.07, 6.45) is 16.2. The molecule has 0 aromatic heterocycles. The highest BCUT2D eigenvalue weighted by Gasteiger charge is 2.79.